The highest BCUT2D eigenvalue weighted by atomic mass is 16.5. The largest absolute Gasteiger partial charge is 0.497 e. The molecule has 0 aliphatic rings. The van der Waals surface area contributed by atoms with Crippen LogP contribution in [0.15, 0.2) is 29.3 Å². The molecule has 5 heteroatoms. The third-order valence-corrected chi connectivity index (χ3v) is 2.43. The molecule has 0 amide bonds. The number of benzene rings is 1. The normalized spacial score (nSPS) is 11.2. The summed E-state index contributed by atoms with van der Waals surface area (Å²) in [7, 11) is 5.22. The van der Waals surface area contributed by atoms with Crippen LogP contribution in [0.5, 0.6) is 5.75 Å². The Labute approximate surface area is 108 Å². The van der Waals surface area contributed by atoms with Crippen LogP contribution in [0.3, 0.4) is 0 Å². The minimum Gasteiger partial charge on any atom is -0.497 e. The van der Waals surface area contributed by atoms with Gasteiger partial charge in [-0.05, 0) is 17.7 Å². The summed E-state index contributed by atoms with van der Waals surface area (Å²) in [6.07, 6.45) is 0. The first-order valence-corrected chi connectivity index (χ1v) is 5.89. The Hall–Kier alpha value is -1.75. The summed E-state index contributed by atoms with van der Waals surface area (Å²) < 4.78 is 10.6. The fourth-order valence-corrected chi connectivity index (χ4v) is 1.43. The molecule has 0 spiro atoms. The molecular formula is C13H21N3O2. The molecule has 2 N–H and O–H groups in total. The molecule has 0 bridgehead atoms. The Morgan fingerprint density at radius 1 is 1.28 bits per heavy atom. The molecule has 0 aliphatic carbocycles. The van der Waals surface area contributed by atoms with Crippen molar-refractivity contribution in [2.75, 3.05) is 34.4 Å². The van der Waals surface area contributed by atoms with Gasteiger partial charge in [0.25, 0.3) is 0 Å². The first-order valence-electron chi connectivity index (χ1n) is 5.89. The highest BCUT2D eigenvalue weighted by Gasteiger charge is 1.96. The van der Waals surface area contributed by atoms with Gasteiger partial charge in [-0.25, -0.2) is 0 Å². The van der Waals surface area contributed by atoms with Crippen molar-refractivity contribution < 1.29 is 9.47 Å². The first-order chi connectivity index (χ1) is 8.80. The van der Waals surface area contributed by atoms with Crippen LogP contribution in [0, 0.1) is 0 Å². The minimum absolute atomic E-state index is 0.601. The lowest BCUT2D eigenvalue weighted by Crippen LogP contribution is -2.36. The van der Waals surface area contributed by atoms with Crippen LogP contribution in [0.1, 0.15) is 5.56 Å². The lowest BCUT2D eigenvalue weighted by Gasteiger charge is -2.09. The van der Waals surface area contributed by atoms with E-state index in [1.807, 2.05) is 31.3 Å². The van der Waals surface area contributed by atoms with E-state index >= 15 is 0 Å². The van der Waals surface area contributed by atoms with Gasteiger partial charge in [0.15, 0.2) is 5.96 Å². The fourth-order valence-electron chi connectivity index (χ4n) is 1.43. The summed E-state index contributed by atoms with van der Waals surface area (Å²) in [4.78, 5) is 4.01. The van der Waals surface area contributed by atoms with E-state index in [1.165, 1.54) is 0 Å². The standard InChI is InChI=1S/C13H21N3O2/c1-14-13(15-2)16-8-9-18-10-11-4-6-12(17-3)7-5-11/h4-7H,8-10H2,1-3H3,(H2,14,15,16). The quantitative estimate of drug-likeness (QED) is 0.450. The van der Waals surface area contributed by atoms with Crippen LogP contribution in [0.4, 0.5) is 0 Å². The number of nitrogens with zero attached hydrogens (tertiary/aromatic N) is 1. The van der Waals surface area contributed by atoms with E-state index in [0.29, 0.717) is 13.2 Å². The molecule has 0 fully saturated rings. The zero-order valence-corrected chi connectivity index (χ0v) is 11.2. The summed E-state index contributed by atoms with van der Waals surface area (Å²) in [5, 5.41) is 6.06. The molecule has 0 atom stereocenters. The number of nitrogens with one attached hydrogen (secondary N) is 2. The van der Waals surface area contributed by atoms with Crippen molar-refractivity contribution in [3.05, 3.63) is 29.8 Å². The Morgan fingerprint density at radius 2 is 2.00 bits per heavy atom. The number of rotatable bonds is 6. The zero-order chi connectivity index (χ0) is 13.2. The smallest absolute Gasteiger partial charge is 0.190 e. The molecule has 1 rings (SSSR count). The van der Waals surface area contributed by atoms with Gasteiger partial charge in [0.1, 0.15) is 5.75 Å². The molecule has 0 saturated carbocycles. The molecule has 0 unspecified atom stereocenters. The van der Waals surface area contributed by atoms with Crippen molar-refractivity contribution in [2.45, 2.75) is 6.61 Å². The number of hydrogen-bond acceptors (Lipinski definition) is 3. The van der Waals surface area contributed by atoms with Crippen LogP contribution >= 0.6 is 0 Å². The van der Waals surface area contributed by atoms with E-state index in [1.54, 1.807) is 14.2 Å². The summed E-state index contributed by atoms with van der Waals surface area (Å²) in [6, 6.07) is 7.86. The molecule has 1 aromatic carbocycles. The molecular weight excluding hydrogens is 230 g/mol. The third-order valence-electron chi connectivity index (χ3n) is 2.43. The minimum atomic E-state index is 0.601. The van der Waals surface area contributed by atoms with Gasteiger partial charge in [0, 0.05) is 20.6 Å². The number of methoxy groups -OCH3 is 1. The van der Waals surface area contributed by atoms with Crippen molar-refractivity contribution in [2.24, 2.45) is 4.99 Å². The molecule has 100 valence electrons. The van der Waals surface area contributed by atoms with Gasteiger partial charge in [-0.2, -0.15) is 0 Å². The van der Waals surface area contributed by atoms with Gasteiger partial charge in [-0.15, -0.1) is 0 Å². The van der Waals surface area contributed by atoms with Gasteiger partial charge in [-0.1, -0.05) is 12.1 Å². The monoisotopic (exact) mass is 251 g/mol. The van der Waals surface area contributed by atoms with E-state index in [2.05, 4.69) is 15.6 Å². The maximum Gasteiger partial charge on any atom is 0.190 e. The molecule has 0 aromatic heterocycles. The maximum atomic E-state index is 5.55. The van der Waals surface area contributed by atoms with Gasteiger partial charge < -0.3 is 20.1 Å². The van der Waals surface area contributed by atoms with E-state index in [-0.39, 0.29) is 0 Å². The Bertz CT molecular complexity index is 363. The average molecular weight is 251 g/mol. The second kappa shape index (κ2) is 8.36. The highest BCUT2D eigenvalue weighted by molar-refractivity contribution is 5.79. The van der Waals surface area contributed by atoms with E-state index in [0.717, 1.165) is 23.8 Å². The van der Waals surface area contributed by atoms with E-state index in [4.69, 9.17) is 9.47 Å². The second-order valence-electron chi connectivity index (χ2n) is 3.65. The Kier molecular flexibility index (Phi) is 6.64. The average Bonchev–Trinajstić information content (AvgIpc) is 2.43. The number of hydrogen-bond donors (Lipinski definition) is 2. The highest BCUT2D eigenvalue weighted by Crippen LogP contribution is 2.11. The van der Waals surface area contributed by atoms with Crippen molar-refractivity contribution in [3.63, 3.8) is 0 Å². The van der Waals surface area contributed by atoms with Crippen molar-refractivity contribution in [3.8, 4) is 5.75 Å². The van der Waals surface area contributed by atoms with Crippen LogP contribution in [0.25, 0.3) is 0 Å². The predicted molar refractivity (Wildman–Crippen MR) is 73.1 cm³/mol. The van der Waals surface area contributed by atoms with Gasteiger partial charge in [0.2, 0.25) is 0 Å². The zero-order valence-electron chi connectivity index (χ0n) is 11.2. The topological polar surface area (TPSA) is 54.9 Å². The first kappa shape index (κ1) is 14.3. The van der Waals surface area contributed by atoms with Gasteiger partial charge in [0.05, 0.1) is 20.3 Å². The molecule has 1 aromatic rings. The maximum absolute atomic E-state index is 5.55. The lowest BCUT2D eigenvalue weighted by atomic mass is 10.2. The number of aliphatic imine (C=N–C) groups is 1. The molecule has 0 saturated heterocycles. The van der Waals surface area contributed by atoms with Crippen molar-refractivity contribution in [1.29, 1.82) is 0 Å². The third kappa shape index (κ3) is 5.05. The van der Waals surface area contributed by atoms with Crippen LogP contribution in [-0.2, 0) is 11.3 Å². The summed E-state index contributed by atoms with van der Waals surface area (Å²) in [5.74, 6) is 1.63. The SMILES string of the molecule is CN=C(NC)NCCOCc1ccc(OC)cc1. The van der Waals surface area contributed by atoms with E-state index < -0.39 is 0 Å². The summed E-state index contributed by atoms with van der Waals surface area (Å²) >= 11 is 0. The van der Waals surface area contributed by atoms with Gasteiger partial charge in [-0.3, -0.25) is 4.99 Å². The second-order valence-corrected chi connectivity index (χ2v) is 3.65. The molecule has 0 heterocycles. The van der Waals surface area contributed by atoms with Crippen molar-refractivity contribution in [1.82, 2.24) is 10.6 Å². The van der Waals surface area contributed by atoms with Crippen molar-refractivity contribution >= 4 is 5.96 Å². The van der Waals surface area contributed by atoms with E-state index in [9.17, 15) is 0 Å². The van der Waals surface area contributed by atoms with Crippen LogP contribution in [-0.4, -0.2) is 40.3 Å². The van der Waals surface area contributed by atoms with Crippen LogP contribution < -0.4 is 15.4 Å². The Balaban J connectivity index is 2.17. The molecule has 5 nitrogen and oxygen atoms in total. The Morgan fingerprint density at radius 3 is 2.56 bits per heavy atom. The van der Waals surface area contributed by atoms with Crippen LogP contribution in [0.2, 0.25) is 0 Å². The summed E-state index contributed by atoms with van der Waals surface area (Å²) in [5.41, 5.74) is 1.13. The summed E-state index contributed by atoms with van der Waals surface area (Å²) in [6.45, 7) is 1.96. The number of ether oxygens (including phenoxy) is 2. The lowest BCUT2D eigenvalue weighted by molar-refractivity contribution is 0.125. The number of guanidine groups is 1. The molecule has 0 radical (unpaired) electrons. The predicted octanol–water partition coefficient (Wildman–Crippen LogP) is 1.01. The van der Waals surface area contributed by atoms with Gasteiger partial charge >= 0.3 is 0 Å². The fraction of sp³-hybridized carbons (Fsp3) is 0.462. The molecule has 0 aliphatic heterocycles. The molecule has 18 heavy (non-hydrogen) atoms.